The molecule has 2 N–H and O–H groups in total. The molecule has 2 heterocycles. The average Bonchev–Trinajstić information content (AvgIpc) is 3.10. The largest absolute Gasteiger partial charge is 0.472 e. The van der Waals surface area contributed by atoms with E-state index in [1.165, 1.54) is 12.5 Å². The second-order valence-corrected chi connectivity index (χ2v) is 7.52. The van der Waals surface area contributed by atoms with Crippen molar-refractivity contribution in [2.45, 2.75) is 6.92 Å². The highest BCUT2D eigenvalue weighted by molar-refractivity contribution is 7.92. The summed E-state index contributed by atoms with van der Waals surface area (Å²) < 4.78 is 30.6. The second-order valence-electron chi connectivity index (χ2n) is 5.12. The van der Waals surface area contributed by atoms with E-state index in [9.17, 15) is 8.42 Å². The first-order valence-corrected chi connectivity index (χ1v) is 9.43. The van der Waals surface area contributed by atoms with Gasteiger partial charge < -0.3 is 9.73 Å². The molecule has 25 heavy (non-hydrogen) atoms. The number of nitrogens with one attached hydrogen (secondary N) is 2. The third kappa shape index (κ3) is 4.49. The molecular formula is C16H15ClN4O3S. The lowest BCUT2D eigenvalue weighted by molar-refractivity contribution is 0.568. The zero-order chi connectivity index (χ0) is 17.9. The molecule has 0 aliphatic rings. The fourth-order valence-corrected chi connectivity index (χ4v) is 2.85. The predicted octanol–water partition coefficient (Wildman–Crippen LogP) is 3.90. The van der Waals surface area contributed by atoms with Gasteiger partial charge >= 0.3 is 0 Å². The normalized spacial score (nSPS) is 11.3. The molecule has 0 spiro atoms. The molecular weight excluding hydrogens is 364 g/mol. The molecule has 3 rings (SSSR count). The molecule has 0 aliphatic heterocycles. The topological polar surface area (TPSA) is 97.1 Å². The first kappa shape index (κ1) is 17.2. The molecule has 0 radical (unpaired) electrons. The zero-order valence-electron chi connectivity index (χ0n) is 13.2. The van der Waals surface area contributed by atoms with E-state index in [2.05, 4.69) is 20.0 Å². The summed E-state index contributed by atoms with van der Waals surface area (Å²) in [6.07, 6.45) is 3.06. The Morgan fingerprint density at radius 2 is 1.84 bits per heavy atom. The van der Waals surface area contributed by atoms with E-state index in [1.807, 2.05) is 0 Å². The second kappa shape index (κ2) is 7.12. The molecule has 2 aromatic heterocycles. The monoisotopic (exact) mass is 378 g/mol. The maximum absolute atomic E-state index is 11.6. The third-order valence-electron chi connectivity index (χ3n) is 3.28. The van der Waals surface area contributed by atoms with E-state index in [4.69, 9.17) is 16.0 Å². The van der Waals surface area contributed by atoms with Crippen molar-refractivity contribution in [3.8, 4) is 11.4 Å². The first-order valence-electron chi connectivity index (χ1n) is 7.40. The molecule has 3 aromatic rings. The van der Waals surface area contributed by atoms with E-state index >= 15 is 0 Å². The lowest BCUT2D eigenvalue weighted by Crippen LogP contribution is -2.14. The van der Waals surface area contributed by atoms with Gasteiger partial charge in [0, 0.05) is 17.4 Å². The lowest BCUT2D eigenvalue weighted by atomic mass is 10.3. The van der Waals surface area contributed by atoms with Crippen LogP contribution in [0.2, 0.25) is 5.15 Å². The van der Waals surface area contributed by atoms with Crippen LogP contribution in [0.15, 0.2) is 53.3 Å². The highest BCUT2D eigenvalue weighted by Crippen LogP contribution is 2.24. The maximum atomic E-state index is 11.6. The van der Waals surface area contributed by atoms with Crippen LogP contribution in [0.25, 0.3) is 11.4 Å². The number of nitrogens with zero attached hydrogens (tertiary/aromatic N) is 2. The van der Waals surface area contributed by atoms with Crippen LogP contribution in [0.4, 0.5) is 17.2 Å². The van der Waals surface area contributed by atoms with E-state index in [0.717, 1.165) is 11.3 Å². The van der Waals surface area contributed by atoms with Crippen molar-refractivity contribution in [3.05, 3.63) is 54.1 Å². The highest BCUT2D eigenvalue weighted by atomic mass is 35.5. The van der Waals surface area contributed by atoms with Crippen LogP contribution in [-0.4, -0.2) is 24.1 Å². The van der Waals surface area contributed by atoms with Gasteiger partial charge in [0.25, 0.3) is 0 Å². The summed E-state index contributed by atoms with van der Waals surface area (Å²) in [6.45, 7) is 1.58. The van der Waals surface area contributed by atoms with E-state index in [-0.39, 0.29) is 5.75 Å². The Bertz CT molecular complexity index is 958. The van der Waals surface area contributed by atoms with Gasteiger partial charge in [0.05, 0.1) is 17.6 Å². The Kier molecular flexibility index (Phi) is 4.91. The molecule has 0 bridgehead atoms. The number of aromatic nitrogens is 2. The summed E-state index contributed by atoms with van der Waals surface area (Å²) in [5.41, 5.74) is 1.94. The van der Waals surface area contributed by atoms with Crippen LogP contribution in [0.3, 0.4) is 0 Å². The molecule has 9 heteroatoms. The van der Waals surface area contributed by atoms with Crippen molar-refractivity contribution >= 4 is 38.8 Å². The van der Waals surface area contributed by atoms with E-state index in [0.29, 0.717) is 22.5 Å². The standard InChI is InChI=1S/C16H15ClN4O3S/c1-2-25(22,23)21-13-5-3-12(4-6-13)18-15-9-14(17)19-16(20-15)11-7-8-24-10-11/h3-10,21H,2H2,1H3,(H,18,19,20). The van der Waals surface area contributed by atoms with Crippen molar-refractivity contribution in [2.24, 2.45) is 0 Å². The Balaban J connectivity index is 1.79. The van der Waals surface area contributed by atoms with Crippen molar-refractivity contribution in [1.29, 1.82) is 0 Å². The van der Waals surface area contributed by atoms with Gasteiger partial charge in [-0.15, -0.1) is 0 Å². The van der Waals surface area contributed by atoms with Gasteiger partial charge in [-0.05, 0) is 37.3 Å². The number of sulfonamides is 1. The summed E-state index contributed by atoms with van der Waals surface area (Å²) in [6, 6.07) is 10.1. The van der Waals surface area contributed by atoms with Crippen molar-refractivity contribution in [3.63, 3.8) is 0 Å². The van der Waals surface area contributed by atoms with Gasteiger partial charge in [0.2, 0.25) is 10.0 Å². The number of rotatable bonds is 6. The molecule has 0 saturated heterocycles. The predicted molar refractivity (Wildman–Crippen MR) is 97.6 cm³/mol. The SMILES string of the molecule is CCS(=O)(=O)Nc1ccc(Nc2cc(Cl)nc(-c3ccoc3)n2)cc1. The van der Waals surface area contributed by atoms with Gasteiger partial charge in [0.1, 0.15) is 17.2 Å². The molecule has 0 saturated carbocycles. The molecule has 130 valence electrons. The van der Waals surface area contributed by atoms with E-state index in [1.54, 1.807) is 43.3 Å². The van der Waals surface area contributed by atoms with Crippen LogP contribution in [0, 0.1) is 0 Å². The molecule has 0 unspecified atom stereocenters. The fourth-order valence-electron chi connectivity index (χ4n) is 2.02. The molecule has 0 amide bonds. The van der Waals surface area contributed by atoms with Crippen molar-refractivity contribution in [2.75, 3.05) is 15.8 Å². The van der Waals surface area contributed by atoms with E-state index < -0.39 is 10.0 Å². The number of anilines is 3. The molecule has 0 atom stereocenters. The Morgan fingerprint density at radius 3 is 2.48 bits per heavy atom. The van der Waals surface area contributed by atoms with Crippen molar-refractivity contribution < 1.29 is 12.8 Å². The Labute approximate surface area is 150 Å². The number of hydrogen-bond acceptors (Lipinski definition) is 6. The molecule has 7 nitrogen and oxygen atoms in total. The highest BCUT2D eigenvalue weighted by Gasteiger charge is 2.09. The van der Waals surface area contributed by atoms with Crippen LogP contribution < -0.4 is 10.0 Å². The fraction of sp³-hybridized carbons (Fsp3) is 0.125. The first-order chi connectivity index (χ1) is 11.9. The minimum Gasteiger partial charge on any atom is -0.472 e. The lowest BCUT2D eigenvalue weighted by Gasteiger charge is -2.09. The third-order valence-corrected chi connectivity index (χ3v) is 4.79. The summed E-state index contributed by atoms with van der Waals surface area (Å²) >= 11 is 6.05. The van der Waals surface area contributed by atoms with Gasteiger partial charge in [-0.1, -0.05) is 11.6 Å². The summed E-state index contributed by atoms with van der Waals surface area (Å²) in [7, 11) is -3.30. The van der Waals surface area contributed by atoms with Crippen molar-refractivity contribution in [1.82, 2.24) is 9.97 Å². The minimum atomic E-state index is -3.30. The zero-order valence-corrected chi connectivity index (χ0v) is 14.8. The molecule has 0 fully saturated rings. The maximum Gasteiger partial charge on any atom is 0.232 e. The minimum absolute atomic E-state index is 0.0171. The van der Waals surface area contributed by atoms with Gasteiger partial charge in [-0.3, -0.25) is 4.72 Å². The smallest absolute Gasteiger partial charge is 0.232 e. The quantitative estimate of drug-likeness (QED) is 0.631. The number of hydrogen-bond donors (Lipinski definition) is 2. The van der Waals surface area contributed by atoms with Crippen LogP contribution in [-0.2, 0) is 10.0 Å². The molecule has 1 aromatic carbocycles. The Hall–Kier alpha value is -2.58. The number of furan rings is 1. The summed E-state index contributed by atoms with van der Waals surface area (Å²) in [5.74, 6) is 0.970. The summed E-state index contributed by atoms with van der Waals surface area (Å²) in [5, 5.41) is 3.40. The number of halogens is 1. The van der Waals surface area contributed by atoms with Crippen LogP contribution in [0.1, 0.15) is 6.92 Å². The van der Waals surface area contributed by atoms with Gasteiger partial charge in [0.15, 0.2) is 5.82 Å². The van der Waals surface area contributed by atoms with Gasteiger partial charge in [-0.25, -0.2) is 18.4 Å². The average molecular weight is 379 g/mol. The van der Waals surface area contributed by atoms with Gasteiger partial charge in [-0.2, -0.15) is 0 Å². The Morgan fingerprint density at radius 1 is 1.12 bits per heavy atom. The summed E-state index contributed by atoms with van der Waals surface area (Å²) in [4.78, 5) is 8.55. The van der Waals surface area contributed by atoms with Crippen LogP contribution >= 0.6 is 11.6 Å². The molecule has 0 aliphatic carbocycles. The number of benzene rings is 1. The van der Waals surface area contributed by atoms with Crippen LogP contribution in [0.5, 0.6) is 0 Å².